The third kappa shape index (κ3) is 2.71. The Balaban J connectivity index is 1.83. The lowest BCUT2D eigenvalue weighted by Gasteiger charge is -2.30. The van der Waals surface area contributed by atoms with Gasteiger partial charge in [0.05, 0.1) is 12.7 Å². The van der Waals surface area contributed by atoms with E-state index in [4.69, 9.17) is 10.5 Å². The third-order valence-electron chi connectivity index (χ3n) is 4.96. The normalized spacial score (nSPS) is 22.7. The number of anilines is 1. The van der Waals surface area contributed by atoms with Crippen LogP contribution in [-0.4, -0.2) is 30.5 Å². The van der Waals surface area contributed by atoms with Crippen molar-refractivity contribution in [3.8, 4) is 5.75 Å². The Hall–Kier alpha value is -1.71. The highest BCUT2D eigenvalue weighted by molar-refractivity contribution is 5.97. The van der Waals surface area contributed by atoms with Crippen LogP contribution in [0.2, 0.25) is 0 Å². The van der Waals surface area contributed by atoms with E-state index in [9.17, 15) is 4.79 Å². The first-order valence-corrected chi connectivity index (χ1v) is 7.95. The van der Waals surface area contributed by atoms with E-state index in [0.717, 1.165) is 19.4 Å². The van der Waals surface area contributed by atoms with Crippen LogP contribution in [0.5, 0.6) is 5.75 Å². The molecule has 2 N–H and O–H groups in total. The molecule has 4 nitrogen and oxygen atoms in total. The molecular weight excluding hydrogens is 264 g/mol. The molecule has 1 atom stereocenters. The summed E-state index contributed by atoms with van der Waals surface area (Å²) in [4.78, 5) is 15.0. The lowest BCUT2D eigenvalue weighted by atomic mass is 9.95. The second-order valence-electron chi connectivity index (χ2n) is 6.21. The van der Waals surface area contributed by atoms with Gasteiger partial charge in [0.15, 0.2) is 0 Å². The molecule has 21 heavy (non-hydrogen) atoms. The summed E-state index contributed by atoms with van der Waals surface area (Å²) in [7, 11) is 1.59. The average Bonchev–Trinajstić information content (AvgIpc) is 3.16. The number of nitrogens with two attached hydrogens (primary N) is 1. The number of amides is 1. The summed E-state index contributed by atoms with van der Waals surface area (Å²) in [6, 6.07) is 5.72. The summed E-state index contributed by atoms with van der Waals surface area (Å²) >= 11 is 0. The third-order valence-corrected chi connectivity index (χ3v) is 4.96. The Morgan fingerprint density at radius 3 is 2.71 bits per heavy atom. The second-order valence-corrected chi connectivity index (χ2v) is 6.21. The smallest absolute Gasteiger partial charge is 0.257 e. The molecule has 2 aliphatic rings. The predicted octanol–water partition coefficient (Wildman–Crippen LogP) is 3.07. The highest BCUT2D eigenvalue weighted by Gasteiger charge is 2.36. The summed E-state index contributed by atoms with van der Waals surface area (Å²) < 4.78 is 5.34. The molecule has 0 bridgehead atoms. The first-order valence-electron chi connectivity index (χ1n) is 7.95. The zero-order valence-electron chi connectivity index (χ0n) is 12.7. The average molecular weight is 288 g/mol. The molecular formula is C17H24N2O2. The Bertz CT molecular complexity index is 524. The molecule has 2 fully saturated rings. The lowest BCUT2D eigenvalue weighted by molar-refractivity contribution is 0.0685. The summed E-state index contributed by atoms with van der Waals surface area (Å²) in [5, 5.41) is 0. The van der Waals surface area contributed by atoms with Crippen molar-refractivity contribution in [2.75, 3.05) is 19.4 Å². The standard InChI is InChI=1S/C17H24N2O2/c1-21-16-11-13(18)8-9-14(16)17(20)19-10-4-7-15(19)12-5-2-3-6-12/h8-9,11-12,15H,2-7,10,18H2,1H3. The highest BCUT2D eigenvalue weighted by Crippen LogP contribution is 2.36. The quantitative estimate of drug-likeness (QED) is 0.870. The fourth-order valence-electron chi connectivity index (χ4n) is 3.92. The van der Waals surface area contributed by atoms with Gasteiger partial charge in [0.1, 0.15) is 5.75 Å². The fourth-order valence-corrected chi connectivity index (χ4v) is 3.92. The molecule has 1 saturated heterocycles. The van der Waals surface area contributed by atoms with Crippen LogP contribution in [0.4, 0.5) is 5.69 Å². The minimum atomic E-state index is 0.0984. The molecule has 1 aliphatic heterocycles. The van der Waals surface area contributed by atoms with Crippen molar-refractivity contribution in [3.63, 3.8) is 0 Å². The maximum Gasteiger partial charge on any atom is 0.257 e. The minimum absolute atomic E-state index is 0.0984. The van der Waals surface area contributed by atoms with Crippen LogP contribution in [0.1, 0.15) is 48.9 Å². The van der Waals surface area contributed by atoms with Gasteiger partial charge in [0, 0.05) is 24.3 Å². The van der Waals surface area contributed by atoms with Crippen molar-refractivity contribution in [2.45, 2.75) is 44.6 Å². The van der Waals surface area contributed by atoms with Gasteiger partial charge in [-0.25, -0.2) is 0 Å². The van der Waals surface area contributed by atoms with Crippen molar-refractivity contribution in [1.82, 2.24) is 4.90 Å². The van der Waals surface area contributed by atoms with Gasteiger partial charge in [-0.2, -0.15) is 0 Å². The monoisotopic (exact) mass is 288 g/mol. The number of ether oxygens (including phenoxy) is 1. The van der Waals surface area contributed by atoms with E-state index in [0.29, 0.717) is 29.0 Å². The van der Waals surface area contributed by atoms with E-state index in [-0.39, 0.29) is 5.91 Å². The second kappa shape index (κ2) is 5.96. The van der Waals surface area contributed by atoms with Crippen LogP contribution in [0.25, 0.3) is 0 Å². The summed E-state index contributed by atoms with van der Waals surface area (Å²) in [6.45, 7) is 0.869. The first kappa shape index (κ1) is 14.2. The van der Waals surface area contributed by atoms with Gasteiger partial charge in [-0.05, 0) is 43.7 Å². The van der Waals surface area contributed by atoms with Crippen LogP contribution in [0.3, 0.4) is 0 Å². The SMILES string of the molecule is COc1cc(N)ccc1C(=O)N1CCCC1C1CCCC1. The van der Waals surface area contributed by atoms with E-state index in [1.807, 2.05) is 0 Å². The molecule has 4 heteroatoms. The zero-order chi connectivity index (χ0) is 14.8. The molecule has 1 heterocycles. The molecule has 1 aromatic rings. The van der Waals surface area contributed by atoms with Crippen molar-refractivity contribution in [1.29, 1.82) is 0 Å². The number of carbonyl (C=O) groups excluding carboxylic acids is 1. The number of nitrogen functional groups attached to an aromatic ring is 1. The summed E-state index contributed by atoms with van der Waals surface area (Å²) in [5.74, 6) is 1.37. The van der Waals surface area contributed by atoms with Gasteiger partial charge >= 0.3 is 0 Å². The molecule has 0 aromatic heterocycles. The van der Waals surface area contributed by atoms with Gasteiger partial charge in [0.25, 0.3) is 5.91 Å². The molecule has 1 saturated carbocycles. The van der Waals surface area contributed by atoms with Crippen LogP contribution in [0.15, 0.2) is 18.2 Å². The minimum Gasteiger partial charge on any atom is -0.496 e. The number of rotatable bonds is 3. The van der Waals surface area contributed by atoms with Crippen molar-refractivity contribution in [2.24, 2.45) is 5.92 Å². The maximum absolute atomic E-state index is 12.9. The zero-order valence-corrected chi connectivity index (χ0v) is 12.7. The molecule has 3 rings (SSSR count). The van der Waals surface area contributed by atoms with E-state index in [1.54, 1.807) is 25.3 Å². The molecule has 0 radical (unpaired) electrons. The van der Waals surface area contributed by atoms with E-state index < -0.39 is 0 Å². The number of nitrogens with zero attached hydrogens (tertiary/aromatic N) is 1. The maximum atomic E-state index is 12.9. The molecule has 1 aromatic carbocycles. The fraction of sp³-hybridized carbons (Fsp3) is 0.588. The van der Waals surface area contributed by atoms with Crippen molar-refractivity contribution >= 4 is 11.6 Å². The van der Waals surface area contributed by atoms with Crippen LogP contribution in [-0.2, 0) is 0 Å². The van der Waals surface area contributed by atoms with Crippen molar-refractivity contribution in [3.05, 3.63) is 23.8 Å². The van der Waals surface area contributed by atoms with E-state index >= 15 is 0 Å². The molecule has 0 spiro atoms. The number of likely N-dealkylation sites (tertiary alicyclic amines) is 1. The Kier molecular flexibility index (Phi) is 4.04. The Labute approximate surface area is 126 Å². The summed E-state index contributed by atoms with van der Waals surface area (Å²) in [6.07, 6.45) is 7.43. The first-order chi connectivity index (χ1) is 10.2. The molecule has 1 amide bonds. The van der Waals surface area contributed by atoms with Crippen LogP contribution < -0.4 is 10.5 Å². The lowest BCUT2D eigenvalue weighted by Crippen LogP contribution is -2.39. The topological polar surface area (TPSA) is 55.6 Å². The number of carbonyl (C=O) groups is 1. The van der Waals surface area contributed by atoms with Gasteiger partial charge in [-0.15, -0.1) is 0 Å². The number of hydrogen-bond acceptors (Lipinski definition) is 3. The Morgan fingerprint density at radius 1 is 1.24 bits per heavy atom. The van der Waals surface area contributed by atoms with E-state index in [1.165, 1.54) is 25.7 Å². The van der Waals surface area contributed by atoms with Crippen LogP contribution >= 0.6 is 0 Å². The van der Waals surface area contributed by atoms with E-state index in [2.05, 4.69) is 4.90 Å². The van der Waals surface area contributed by atoms with Gasteiger partial charge in [0.2, 0.25) is 0 Å². The van der Waals surface area contributed by atoms with Crippen molar-refractivity contribution < 1.29 is 9.53 Å². The molecule has 1 aliphatic carbocycles. The number of methoxy groups -OCH3 is 1. The summed E-state index contributed by atoms with van der Waals surface area (Å²) in [5.41, 5.74) is 7.04. The molecule has 1 unspecified atom stereocenters. The number of hydrogen-bond donors (Lipinski definition) is 1. The van der Waals surface area contributed by atoms with Gasteiger partial charge in [-0.1, -0.05) is 12.8 Å². The van der Waals surface area contributed by atoms with Gasteiger partial charge < -0.3 is 15.4 Å². The van der Waals surface area contributed by atoms with Gasteiger partial charge in [-0.3, -0.25) is 4.79 Å². The predicted molar refractivity (Wildman–Crippen MR) is 83.4 cm³/mol. The highest BCUT2D eigenvalue weighted by atomic mass is 16.5. The largest absolute Gasteiger partial charge is 0.496 e. The number of benzene rings is 1. The van der Waals surface area contributed by atoms with Crippen LogP contribution in [0, 0.1) is 5.92 Å². The molecule has 114 valence electrons. The Morgan fingerprint density at radius 2 is 2.00 bits per heavy atom.